The highest BCUT2D eigenvalue weighted by atomic mass is 32.2. The van der Waals surface area contributed by atoms with Gasteiger partial charge in [0.1, 0.15) is 5.54 Å². The molecule has 0 bridgehead atoms. The molecule has 3 nitrogen and oxygen atoms in total. The quantitative estimate of drug-likeness (QED) is 0.695. The van der Waals surface area contributed by atoms with Gasteiger partial charge in [-0.25, -0.2) is 0 Å². The van der Waals surface area contributed by atoms with E-state index in [1.807, 2.05) is 11.8 Å². The predicted molar refractivity (Wildman–Crippen MR) is 89.6 cm³/mol. The van der Waals surface area contributed by atoms with Crippen LogP contribution in [0.4, 0.5) is 0 Å². The zero-order valence-electron chi connectivity index (χ0n) is 13.8. The molecule has 21 heavy (non-hydrogen) atoms. The lowest BCUT2D eigenvalue weighted by Crippen LogP contribution is -2.57. The largest absolute Gasteiger partial charge is 0.468 e. The van der Waals surface area contributed by atoms with Crippen LogP contribution in [0.3, 0.4) is 0 Å². The standard InChI is InChI=1S/C17H31NO2S/c1-4-10-18-17(14-8-9-14,16(19)20-3)12-21-15-7-5-6-13(2)11-15/h13-15,18H,4-12H2,1-3H3. The first-order valence-corrected chi connectivity index (χ1v) is 9.62. The molecule has 0 aromatic carbocycles. The van der Waals surface area contributed by atoms with Gasteiger partial charge in [0.25, 0.3) is 0 Å². The van der Waals surface area contributed by atoms with E-state index in [0.29, 0.717) is 5.92 Å². The number of hydrogen-bond acceptors (Lipinski definition) is 4. The van der Waals surface area contributed by atoms with E-state index in [-0.39, 0.29) is 5.97 Å². The fourth-order valence-electron chi connectivity index (χ4n) is 3.50. The first-order chi connectivity index (χ1) is 10.1. The first kappa shape index (κ1) is 17.1. The summed E-state index contributed by atoms with van der Waals surface area (Å²) in [5.74, 6) is 2.15. The molecule has 0 aliphatic heterocycles. The van der Waals surface area contributed by atoms with Gasteiger partial charge in [-0.2, -0.15) is 11.8 Å². The monoisotopic (exact) mass is 313 g/mol. The van der Waals surface area contributed by atoms with Gasteiger partial charge >= 0.3 is 5.97 Å². The van der Waals surface area contributed by atoms with Crippen LogP contribution in [0.2, 0.25) is 0 Å². The Morgan fingerprint density at radius 1 is 1.33 bits per heavy atom. The van der Waals surface area contributed by atoms with Gasteiger partial charge in [-0.3, -0.25) is 4.79 Å². The molecule has 0 aromatic rings. The van der Waals surface area contributed by atoms with Crippen LogP contribution in [0.25, 0.3) is 0 Å². The maximum Gasteiger partial charge on any atom is 0.327 e. The van der Waals surface area contributed by atoms with Gasteiger partial charge in [0, 0.05) is 11.0 Å². The number of hydrogen-bond donors (Lipinski definition) is 1. The number of rotatable bonds is 8. The molecule has 0 amide bonds. The van der Waals surface area contributed by atoms with Crippen molar-refractivity contribution in [2.75, 3.05) is 19.4 Å². The van der Waals surface area contributed by atoms with Crippen LogP contribution < -0.4 is 5.32 Å². The molecular formula is C17H31NO2S. The maximum atomic E-state index is 12.5. The van der Waals surface area contributed by atoms with Crippen LogP contribution in [-0.4, -0.2) is 36.2 Å². The van der Waals surface area contributed by atoms with Gasteiger partial charge in [-0.05, 0) is 50.5 Å². The number of carbonyl (C=O) groups excluding carboxylic acids is 1. The van der Waals surface area contributed by atoms with Crippen LogP contribution in [0.5, 0.6) is 0 Å². The summed E-state index contributed by atoms with van der Waals surface area (Å²) in [6.07, 6.45) is 8.70. The highest BCUT2D eigenvalue weighted by Crippen LogP contribution is 2.44. The molecule has 0 saturated heterocycles. The van der Waals surface area contributed by atoms with E-state index >= 15 is 0 Å². The van der Waals surface area contributed by atoms with Gasteiger partial charge in [0.15, 0.2) is 0 Å². The van der Waals surface area contributed by atoms with Crippen LogP contribution in [-0.2, 0) is 9.53 Å². The van der Waals surface area contributed by atoms with Gasteiger partial charge in [0.05, 0.1) is 7.11 Å². The number of nitrogens with one attached hydrogen (secondary N) is 1. The van der Waals surface area contributed by atoms with Crippen molar-refractivity contribution in [1.29, 1.82) is 0 Å². The molecule has 2 rings (SSSR count). The third kappa shape index (κ3) is 4.38. The summed E-state index contributed by atoms with van der Waals surface area (Å²) < 4.78 is 5.16. The van der Waals surface area contributed by atoms with Gasteiger partial charge < -0.3 is 10.1 Å². The molecule has 0 heterocycles. The van der Waals surface area contributed by atoms with Crippen molar-refractivity contribution in [1.82, 2.24) is 5.32 Å². The number of carbonyl (C=O) groups is 1. The Morgan fingerprint density at radius 3 is 2.67 bits per heavy atom. The van der Waals surface area contributed by atoms with Gasteiger partial charge in [-0.15, -0.1) is 0 Å². The topological polar surface area (TPSA) is 38.3 Å². The molecule has 1 N–H and O–H groups in total. The maximum absolute atomic E-state index is 12.5. The summed E-state index contributed by atoms with van der Waals surface area (Å²) in [4.78, 5) is 12.5. The van der Waals surface area contributed by atoms with Crippen LogP contribution in [0.1, 0.15) is 58.8 Å². The van der Waals surface area contributed by atoms with E-state index < -0.39 is 5.54 Å². The normalized spacial score (nSPS) is 28.9. The van der Waals surface area contributed by atoms with Crippen LogP contribution in [0, 0.1) is 11.8 Å². The van der Waals surface area contributed by atoms with E-state index in [2.05, 4.69) is 19.2 Å². The Bertz CT molecular complexity index is 346. The third-order valence-corrected chi connectivity index (χ3v) is 6.47. The minimum atomic E-state index is -0.434. The Hall–Kier alpha value is -0.220. The molecule has 0 aromatic heterocycles. The lowest BCUT2D eigenvalue weighted by molar-refractivity contribution is -0.148. The third-order valence-electron chi connectivity index (χ3n) is 4.95. The zero-order valence-corrected chi connectivity index (χ0v) is 14.6. The van der Waals surface area contributed by atoms with Gasteiger partial charge in [0.2, 0.25) is 0 Å². The van der Waals surface area contributed by atoms with Crippen LogP contribution in [0.15, 0.2) is 0 Å². The molecule has 122 valence electrons. The Morgan fingerprint density at radius 2 is 2.10 bits per heavy atom. The molecule has 0 radical (unpaired) electrons. The van der Waals surface area contributed by atoms with Crippen molar-refractivity contribution < 1.29 is 9.53 Å². The molecule has 0 spiro atoms. The molecule has 2 fully saturated rings. The minimum Gasteiger partial charge on any atom is -0.468 e. The van der Waals surface area contributed by atoms with Crippen molar-refractivity contribution in [3.8, 4) is 0 Å². The van der Waals surface area contributed by atoms with Crippen molar-refractivity contribution in [2.45, 2.75) is 69.6 Å². The predicted octanol–water partition coefficient (Wildman–Crippen LogP) is 3.62. The van der Waals surface area contributed by atoms with E-state index in [1.54, 1.807) is 0 Å². The fraction of sp³-hybridized carbons (Fsp3) is 0.941. The van der Waals surface area contributed by atoms with Crippen molar-refractivity contribution in [3.05, 3.63) is 0 Å². The van der Waals surface area contributed by atoms with E-state index in [9.17, 15) is 4.79 Å². The SMILES string of the molecule is CCCNC(CSC1CCCC(C)C1)(C(=O)OC)C1CC1. The second-order valence-electron chi connectivity index (χ2n) is 6.87. The lowest BCUT2D eigenvalue weighted by Gasteiger charge is -2.35. The first-order valence-electron chi connectivity index (χ1n) is 8.57. The van der Waals surface area contributed by atoms with E-state index in [1.165, 1.54) is 32.8 Å². The molecule has 3 atom stereocenters. The number of thioether (sulfide) groups is 1. The smallest absolute Gasteiger partial charge is 0.327 e. The molecule has 3 unspecified atom stereocenters. The summed E-state index contributed by atoms with van der Waals surface area (Å²) in [7, 11) is 1.53. The molecule has 2 aliphatic rings. The second kappa shape index (κ2) is 7.87. The van der Waals surface area contributed by atoms with E-state index in [0.717, 1.165) is 42.7 Å². The highest BCUT2D eigenvalue weighted by Gasteiger charge is 2.51. The molecule has 4 heteroatoms. The van der Waals surface area contributed by atoms with Crippen molar-refractivity contribution in [2.24, 2.45) is 11.8 Å². The molecular weight excluding hydrogens is 282 g/mol. The molecule has 2 saturated carbocycles. The van der Waals surface area contributed by atoms with Crippen molar-refractivity contribution >= 4 is 17.7 Å². The summed E-state index contributed by atoms with van der Waals surface area (Å²) >= 11 is 2.01. The number of esters is 1. The Kier molecular flexibility index (Phi) is 6.42. The lowest BCUT2D eigenvalue weighted by atomic mass is 9.90. The molecule has 2 aliphatic carbocycles. The number of methoxy groups -OCH3 is 1. The summed E-state index contributed by atoms with van der Waals surface area (Å²) in [6.45, 7) is 5.40. The highest BCUT2D eigenvalue weighted by molar-refractivity contribution is 8.00. The summed E-state index contributed by atoms with van der Waals surface area (Å²) in [6, 6.07) is 0. The number of ether oxygens (including phenoxy) is 1. The van der Waals surface area contributed by atoms with Crippen LogP contribution >= 0.6 is 11.8 Å². The average molecular weight is 314 g/mol. The summed E-state index contributed by atoms with van der Waals surface area (Å²) in [5, 5.41) is 4.27. The minimum absolute atomic E-state index is 0.0465. The zero-order chi connectivity index (χ0) is 15.3. The average Bonchev–Trinajstić information content (AvgIpc) is 3.32. The Labute approximate surface area is 134 Å². The second-order valence-corrected chi connectivity index (χ2v) is 8.16. The summed E-state index contributed by atoms with van der Waals surface area (Å²) in [5.41, 5.74) is -0.434. The Balaban J connectivity index is 1.98. The van der Waals surface area contributed by atoms with E-state index in [4.69, 9.17) is 4.74 Å². The fourth-order valence-corrected chi connectivity index (χ4v) is 5.25. The van der Waals surface area contributed by atoms with Crippen molar-refractivity contribution in [3.63, 3.8) is 0 Å². The van der Waals surface area contributed by atoms with Gasteiger partial charge in [-0.1, -0.05) is 26.7 Å².